The van der Waals surface area contributed by atoms with Gasteiger partial charge in [-0.1, -0.05) is 0 Å². The van der Waals surface area contributed by atoms with E-state index in [9.17, 15) is 14.7 Å². The number of carbonyl (C=O) groups excluding carboxylic acids is 1. The number of anilines is 3. The number of hydrogen-bond acceptors (Lipinski definition) is 6. The third kappa shape index (κ3) is 3.01. The van der Waals surface area contributed by atoms with Crippen LogP contribution >= 0.6 is 0 Å². The fourth-order valence-electron chi connectivity index (χ4n) is 3.33. The summed E-state index contributed by atoms with van der Waals surface area (Å²) in [7, 11) is 0. The van der Waals surface area contributed by atoms with E-state index in [1.54, 1.807) is 11.0 Å². The minimum absolute atomic E-state index is 0.119. The number of rotatable bonds is 5. The molecule has 2 aliphatic rings. The normalized spacial score (nSPS) is 24.0. The highest BCUT2D eigenvalue weighted by atomic mass is 16.4. The van der Waals surface area contributed by atoms with Crippen LogP contribution in [0.25, 0.3) is 0 Å². The van der Waals surface area contributed by atoms with Crippen molar-refractivity contribution in [2.75, 3.05) is 35.2 Å². The van der Waals surface area contributed by atoms with Crippen molar-refractivity contribution in [2.45, 2.75) is 31.3 Å². The molecule has 2 aliphatic heterocycles. The summed E-state index contributed by atoms with van der Waals surface area (Å²) < 4.78 is 0. The molecule has 4 N–H and O–H groups in total. The van der Waals surface area contributed by atoms with Gasteiger partial charge in [-0.2, -0.15) is 0 Å². The zero-order valence-electron chi connectivity index (χ0n) is 12.8. The molecular formula is C15H21N5O3. The van der Waals surface area contributed by atoms with Crippen molar-refractivity contribution in [1.82, 2.24) is 10.3 Å². The quantitative estimate of drug-likeness (QED) is 0.657. The molecule has 124 valence electrons. The summed E-state index contributed by atoms with van der Waals surface area (Å²) in [5.74, 6) is 0.463. The Bertz CT molecular complexity index is 609. The predicted octanol–water partition coefficient (Wildman–Crippen LogP) is 0.0419. The first-order valence-corrected chi connectivity index (χ1v) is 7.80. The van der Waals surface area contributed by atoms with Gasteiger partial charge in [-0.15, -0.1) is 0 Å². The molecule has 2 fully saturated rings. The van der Waals surface area contributed by atoms with Gasteiger partial charge in [-0.05, 0) is 31.4 Å². The summed E-state index contributed by atoms with van der Waals surface area (Å²) in [6.07, 6.45) is 3.01. The summed E-state index contributed by atoms with van der Waals surface area (Å²) in [4.78, 5) is 30.4. The molecule has 23 heavy (non-hydrogen) atoms. The lowest BCUT2D eigenvalue weighted by Crippen LogP contribution is -2.37. The molecule has 0 saturated carbocycles. The average molecular weight is 319 g/mol. The van der Waals surface area contributed by atoms with Gasteiger partial charge in [0.1, 0.15) is 11.9 Å². The molecule has 1 aromatic heterocycles. The minimum atomic E-state index is -0.842. The number of carboxylic acid groups (broad SMARTS) is 1. The zero-order valence-corrected chi connectivity index (χ0v) is 12.8. The smallest absolute Gasteiger partial charge is 0.326 e. The molecule has 1 aromatic rings. The number of nitrogens with two attached hydrogens (primary N) is 1. The number of aliphatic carboxylic acids is 1. The van der Waals surface area contributed by atoms with Gasteiger partial charge in [0.25, 0.3) is 0 Å². The van der Waals surface area contributed by atoms with Crippen molar-refractivity contribution < 1.29 is 14.7 Å². The maximum Gasteiger partial charge on any atom is 0.326 e. The van der Waals surface area contributed by atoms with Gasteiger partial charge in [0.2, 0.25) is 6.41 Å². The van der Waals surface area contributed by atoms with Crippen LogP contribution in [0.4, 0.5) is 17.3 Å². The van der Waals surface area contributed by atoms with Crippen LogP contribution in [0.15, 0.2) is 12.1 Å². The van der Waals surface area contributed by atoms with Gasteiger partial charge < -0.3 is 26.0 Å². The third-order valence-electron chi connectivity index (χ3n) is 4.52. The number of hydrogen-bond donors (Lipinski definition) is 3. The topological polar surface area (TPSA) is 112 Å². The van der Waals surface area contributed by atoms with Crippen LogP contribution in [0.5, 0.6) is 0 Å². The van der Waals surface area contributed by atoms with E-state index in [1.165, 1.54) is 0 Å². The highest BCUT2D eigenvalue weighted by molar-refractivity contribution is 5.81. The Hall–Kier alpha value is -2.51. The van der Waals surface area contributed by atoms with Gasteiger partial charge in [-0.25, -0.2) is 9.78 Å². The molecule has 3 heterocycles. The molecule has 2 unspecified atom stereocenters. The Morgan fingerprint density at radius 1 is 1.39 bits per heavy atom. The second kappa shape index (κ2) is 6.31. The molecule has 0 bridgehead atoms. The van der Waals surface area contributed by atoms with Crippen molar-refractivity contribution in [3.8, 4) is 0 Å². The number of nitrogens with one attached hydrogen (secondary N) is 1. The number of aromatic nitrogens is 1. The lowest BCUT2D eigenvalue weighted by atomic mass is 10.2. The minimum Gasteiger partial charge on any atom is -0.480 e. The first kappa shape index (κ1) is 15.4. The number of nitrogens with zero attached hydrogens (tertiary/aromatic N) is 3. The lowest BCUT2D eigenvalue weighted by molar-refractivity contribution is -0.138. The number of nitrogen functional groups attached to an aromatic ring is 1. The van der Waals surface area contributed by atoms with Crippen LogP contribution in [-0.4, -0.2) is 54.2 Å². The van der Waals surface area contributed by atoms with Crippen molar-refractivity contribution in [2.24, 2.45) is 0 Å². The second-order valence-corrected chi connectivity index (χ2v) is 5.99. The Labute approximate surface area is 134 Å². The van der Waals surface area contributed by atoms with Crippen molar-refractivity contribution in [3.05, 3.63) is 12.1 Å². The Kier molecular flexibility index (Phi) is 4.22. The van der Waals surface area contributed by atoms with Crippen molar-refractivity contribution in [3.63, 3.8) is 0 Å². The zero-order chi connectivity index (χ0) is 16.4. The van der Waals surface area contributed by atoms with Crippen molar-refractivity contribution >= 4 is 29.7 Å². The van der Waals surface area contributed by atoms with E-state index in [1.807, 2.05) is 6.07 Å². The van der Waals surface area contributed by atoms with Gasteiger partial charge in [0.15, 0.2) is 5.82 Å². The maximum atomic E-state index is 11.4. The SMILES string of the molecule is Nc1ccc(N2CCC(NC=O)C2)nc1N1CCCC1C(=O)O. The van der Waals surface area contributed by atoms with Crippen LogP contribution < -0.4 is 20.9 Å². The van der Waals surface area contributed by atoms with Crippen LogP contribution in [0.1, 0.15) is 19.3 Å². The predicted molar refractivity (Wildman–Crippen MR) is 86.5 cm³/mol. The van der Waals surface area contributed by atoms with Crippen molar-refractivity contribution in [1.29, 1.82) is 0 Å². The summed E-state index contributed by atoms with van der Waals surface area (Å²) in [5, 5.41) is 12.1. The standard InChI is InChI=1S/C15H21N5O3/c16-11-3-4-13(19-7-5-10(8-19)17-9-21)18-14(11)20-6-1-2-12(20)15(22)23/h3-4,9-10,12H,1-2,5-8,16H2,(H,17,21)(H,22,23). The first-order valence-electron chi connectivity index (χ1n) is 7.80. The van der Waals surface area contributed by atoms with Gasteiger partial charge in [0, 0.05) is 25.7 Å². The van der Waals surface area contributed by atoms with Crippen LogP contribution in [0.3, 0.4) is 0 Å². The van der Waals surface area contributed by atoms with Gasteiger partial charge in [0.05, 0.1) is 5.69 Å². The summed E-state index contributed by atoms with van der Waals surface area (Å²) in [6, 6.07) is 3.17. The highest BCUT2D eigenvalue weighted by Crippen LogP contribution is 2.31. The Morgan fingerprint density at radius 2 is 2.22 bits per heavy atom. The summed E-state index contributed by atoms with van der Waals surface area (Å²) in [5.41, 5.74) is 6.52. The Morgan fingerprint density at radius 3 is 2.96 bits per heavy atom. The number of amides is 1. The molecule has 0 spiro atoms. The molecule has 0 aromatic carbocycles. The molecule has 8 heteroatoms. The molecule has 1 amide bonds. The first-order chi connectivity index (χ1) is 11.1. The van der Waals surface area contributed by atoms with Crippen LogP contribution in [0, 0.1) is 0 Å². The van der Waals surface area contributed by atoms with E-state index < -0.39 is 12.0 Å². The van der Waals surface area contributed by atoms with E-state index >= 15 is 0 Å². The van der Waals surface area contributed by atoms with Gasteiger partial charge in [-0.3, -0.25) is 4.79 Å². The molecular weight excluding hydrogens is 298 g/mol. The molecule has 2 saturated heterocycles. The maximum absolute atomic E-state index is 11.4. The summed E-state index contributed by atoms with van der Waals surface area (Å²) >= 11 is 0. The number of pyridine rings is 1. The van der Waals surface area contributed by atoms with E-state index in [2.05, 4.69) is 15.2 Å². The van der Waals surface area contributed by atoms with E-state index in [4.69, 9.17) is 5.73 Å². The highest BCUT2D eigenvalue weighted by Gasteiger charge is 2.33. The molecule has 3 rings (SSSR count). The summed E-state index contributed by atoms with van der Waals surface area (Å²) in [6.45, 7) is 2.13. The van der Waals surface area contributed by atoms with Gasteiger partial charge >= 0.3 is 5.97 Å². The second-order valence-electron chi connectivity index (χ2n) is 5.99. The van der Waals surface area contributed by atoms with Crippen LogP contribution in [0.2, 0.25) is 0 Å². The molecule has 8 nitrogen and oxygen atoms in total. The number of carboxylic acids is 1. The Balaban J connectivity index is 1.82. The van der Waals surface area contributed by atoms with E-state index in [0.29, 0.717) is 31.0 Å². The molecule has 2 atom stereocenters. The van der Waals surface area contributed by atoms with Crippen LogP contribution in [-0.2, 0) is 9.59 Å². The molecule has 0 aliphatic carbocycles. The monoisotopic (exact) mass is 319 g/mol. The molecule has 0 radical (unpaired) electrons. The third-order valence-corrected chi connectivity index (χ3v) is 4.52. The number of carbonyl (C=O) groups is 2. The van der Waals surface area contributed by atoms with E-state index in [-0.39, 0.29) is 6.04 Å². The fourth-order valence-corrected chi connectivity index (χ4v) is 3.33. The fraction of sp³-hybridized carbons (Fsp3) is 0.533. The average Bonchev–Trinajstić information content (AvgIpc) is 3.17. The largest absolute Gasteiger partial charge is 0.480 e. The lowest BCUT2D eigenvalue weighted by Gasteiger charge is -2.26. The van der Waals surface area contributed by atoms with E-state index in [0.717, 1.165) is 31.6 Å².